The topological polar surface area (TPSA) is 62.3 Å². The number of aromatic nitrogens is 1. The van der Waals surface area contributed by atoms with E-state index in [0.717, 1.165) is 23.0 Å². The van der Waals surface area contributed by atoms with Gasteiger partial charge in [0.15, 0.2) is 0 Å². The second-order valence-electron chi connectivity index (χ2n) is 7.51. The molecule has 1 aliphatic rings. The quantitative estimate of drug-likeness (QED) is 0.657. The third-order valence-corrected chi connectivity index (χ3v) is 5.52. The van der Waals surface area contributed by atoms with Gasteiger partial charge in [-0.1, -0.05) is 6.07 Å². The average Bonchev–Trinajstić information content (AvgIpc) is 2.78. The third kappa shape index (κ3) is 4.52. The van der Waals surface area contributed by atoms with Gasteiger partial charge in [0.05, 0.1) is 16.8 Å². The van der Waals surface area contributed by atoms with Crippen molar-refractivity contribution < 1.29 is 22.8 Å². The van der Waals surface area contributed by atoms with Gasteiger partial charge in [-0.25, -0.2) is 0 Å². The van der Waals surface area contributed by atoms with E-state index < -0.39 is 11.7 Å². The normalized spacial score (nSPS) is 15.1. The monoisotopic (exact) mass is 427 g/mol. The van der Waals surface area contributed by atoms with Crippen LogP contribution in [0.1, 0.15) is 28.8 Å². The number of likely N-dealkylation sites (tertiary alicyclic amines) is 1. The Morgan fingerprint density at radius 1 is 0.968 bits per heavy atom. The lowest BCUT2D eigenvalue weighted by atomic mass is 9.95. The Hall–Kier alpha value is -3.42. The molecule has 1 saturated heterocycles. The first-order chi connectivity index (χ1) is 14.8. The predicted octanol–water partition coefficient (Wildman–Crippen LogP) is 4.74. The Bertz CT molecular complexity index is 1100. The Labute approximate surface area is 176 Å². The summed E-state index contributed by atoms with van der Waals surface area (Å²) in [6.45, 7) is 0.740. The van der Waals surface area contributed by atoms with E-state index in [9.17, 15) is 22.8 Å². The molecule has 2 heterocycles. The highest BCUT2D eigenvalue weighted by molar-refractivity contribution is 6.02. The zero-order valence-electron chi connectivity index (χ0n) is 16.5. The molecule has 1 aromatic heterocycles. The van der Waals surface area contributed by atoms with Gasteiger partial charge < -0.3 is 10.2 Å². The molecule has 2 aromatic carbocycles. The van der Waals surface area contributed by atoms with Gasteiger partial charge in [0.1, 0.15) is 0 Å². The van der Waals surface area contributed by atoms with Crippen molar-refractivity contribution in [3.63, 3.8) is 0 Å². The minimum absolute atomic E-state index is 0.113. The maximum Gasteiger partial charge on any atom is 0.416 e. The summed E-state index contributed by atoms with van der Waals surface area (Å²) in [7, 11) is 0. The second-order valence-corrected chi connectivity index (χ2v) is 7.51. The molecule has 1 aliphatic heterocycles. The SMILES string of the molecule is O=C(Nc1cccc2ncccc12)C1CCN(C(=O)c2ccc(C(F)(F)F)cc2)CC1. The van der Waals surface area contributed by atoms with Crippen LogP contribution in [0.15, 0.2) is 60.8 Å². The summed E-state index contributed by atoms with van der Waals surface area (Å²) in [4.78, 5) is 31.2. The summed E-state index contributed by atoms with van der Waals surface area (Å²) in [5, 5.41) is 3.82. The summed E-state index contributed by atoms with van der Waals surface area (Å²) >= 11 is 0. The molecule has 0 spiro atoms. The molecule has 3 aromatic rings. The fourth-order valence-electron chi connectivity index (χ4n) is 3.78. The molecule has 160 valence electrons. The highest BCUT2D eigenvalue weighted by atomic mass is 19.4. The van der Waals surface area contributed by atoms with Gasteiger partial charge in [-0.05, 0) is 61.4 Å². The van der Waals surface area contributed by atoms with Gasteiger partial charge in [-0.2, -0.15) is 13.2 Å². The molecule has 0 bridgehead atoms. The number of rotatable bonds is 3. The third-order valence-electron chi connectivity index (χ3n) is 5.52. The standard InChI is InChI=1S/C23H20F3N3O2/c24-23(25,26)17-8-6-16(7-9-17)22(31)29-13-10-15(11-14-29)21(30)28-20-5-1-4-19-18(20)3-2-12-27-19/h1-9,12,15H,10-11,13-14H2,(H,28,30). The number of alkyl halides is 3. The Morgan fingerprint density at radius 3 is 2.35 bits per heavy atom. The fraction of sp³-hybridized carbons (Fsp3) is 0.261. The number of nitrogens with one attached hydrogen (secondary N) is 1. The zero-order chi connectivity index (χ0) is 22.0. The van der Waals surface area contributed by atoms with Crippen molar-refractivity contribution in [1.29, 1.82) is 0 Å². The van der Waals surface area contributed by atoms with E-state index in [4.69, 9.17) is 0 Å². The number of benzene rings is 2. The molecule has 0 radical (unpaired) electrons. The van der Waals surface area contributed by atoms with E-state index in [1.54, 1.807) is 11.1 Å². The summed E-state index contributed by atoms with van der Waals surface area (Å²) in [5.41, 5.74) is 0.901. The summed E-state index contributed by atoms with van der Waals surface area (Å²) in [6, 6.07) is 13.4. The van der Waals surface area contributed by atoms with Crippen molar-refractivity contribution in [3.05, 3.63) is 71.9 Å². The summed E-state index contributed by atoms with van der Waals surface area (Å²) < 4.78 is 38.1. The number of pyridine rings is 1. The lowest BCUT2D eigenvalue weighted by molar-refractivity contribution is -0.137. The van der Waals surface area contributed by atoms with Crippen LogP contribution in [0.5, 0.6) is 0 Å². The van der Waals surface area contributed by atoms with Crippen LogP contribution in [0.4, 0.5) is 18.9 Å². The second kappa shape index (κ2) is 8.37. The maximum absolute atomic E-state index is 12.7. The minimum atomic E-state index is -4.44. The van der Waals surface area contributed by atoms with Gasteiger partial charge in [0, 0.05) is 36.2 Å². The Kier molecular flexibility index (Phi) is 5.63. The molecule has 1 N–H and O–H groups in total. The largest absolute Gasteiger partial charge is 0.416 e. The number of carbonyl (C=O) groups is 2. The smallest absolute Gasteiger partial charge is 0.339 e. The molecule has 2 amide bonds. The lowest BCUT2D eigenvalue weighted by Gasteiger charge is -2.31. The van der Waals surface area contributed by atoms with Gasteiger partial charge in [0.25, 0.3) is 5.91 Å². The number of halogens is 3. The number of amides is 2. The van der Waals surface area contributed by atoms with E-state index in [2.05, 4.69) is 10.3 Å². The molecule has 4 rings (SSSR count). The van der Waals surface area contributed by atoms with Crippen LogP contribution in [0, 0.1) is 5.92 Å². The number of fused-ring (bicyclic) bond motifs is 1. The minimum Gasteiger partial charge on any atom is -0.339 e. The van der Waals surface area contributed by atoms with Crippen molar-refractivity contribution in [2.24, 2.45) is 5.92 Å². The van der Waals surface area contributed by atoms with E-state index in [0.29, 0.717) is 31.6 Å². The number of piperidine rings is 1. The molecular formula is C23H20F3N3O2. The van der Waals surface area contributed by atoms with Crippen molar-refractivity contribution >= 4 is 28.4 Å². The molecule has 0 unspecified atom stereocenters. The summed E-state index contributed by atoms with van der Waals surface area (Å²) in [5.74, 6) is -0.686. The number of carbonyl (C=O) groups excluding carboxylic acids is 2. The van der Waals surface area contributed by atoms with Crippen molar-refractivity contribution in [2.45, 2.75) is 19.0 Å². The van der Waals surface area contributed by atoms with Crippen LogP contribution in [0.2, 0.25) is 0 Å². The van der Waals surface area contributed by atoms with Crippen LogP contribution in [0.3, 0.4) is 0 Å². The molecule has 1 fully saturated rings. The van der Waals surface area contributed by atoms with Crippen molar-refractivity contribution in [3.8, 4) is 0 Å². The molecule has 0 aliphatic carbocycles. The molecule has 0 saturated carbocycles. The zero-order valence-corrected chi connectivity index (χ0v) is 16.5. The van der Waals surface area contributed by atoms with E-state index >= 15 is 0 Å². The van der Waals surface area contributed by atoms with Gasteiger partial charge >= 0.3 is 6.18 Å². The maximum atomic E-state index is 12.7. The molecule has 0 atom stereocenters. The van der Waals surface area contributed by atoms with Crippen LogP contribution >= 0.6 is 0 Å². The highest BCUT2D eigenvalue weighted by Crippen LogP contribution is 2.30. The average molecular weight is 427 g/mol. The number of hydrogen-bond acceptors (Lipinski definition) is 3. The molecule has 5 nitrogen and oxygen atoms in total. The molecule has 8 heteroatoms. The van der Waals surface area contributed by atoms with Crippen LogP contribution < -0.4 is 5.32 Å². The van der Waals surface area contributed by atoms with Crippen molar-refractivity contribution in [1.82, 2.24) is 9.88 Å². The predicted molar refractivity (Wildman–Crippen MR) is 110 cm³/mol. The molecule has 31 heavy (non-hydrogen) atoms. The highest BCUT2D eigenvalue weighted by Gasteiger charge is 2.31. The van der Waals surface area contributed by atoms with Crippen LogP contribution in [0.25, 0.3) is 10.9 Å². The molecular weight excluding hydrogens is 407 g/mol. The van der Waals surface area contributed by atoms with E-state index in [-0.39, 0.29) is 23.3 Å². The summed E-state index contributed by atoms with van der Waals surface area (Å²) in [6.07, 6.45) is -1.77. The Morgan fingerprint density at radius 2 is 1.68 bits per heavy atom. The number of nitrogens with zero attached hydrogens (tertiary/aromatic N) is 2. The van der Waals surface area contributed by atoms with Gasteiger partial charge in [0.2, 0.25) is 5.91 Å². The fourth-order valence-corrected chi connectivity index (χ4v) is 3.78. The van der Waals surface area contributed by atoms with E-state index in [1.807, 2.05) is 30.3 Å². The first-order valence-corrected chi connectivity index (χ1v) is 9.94. The first-order valence-electron chi connectivity index (χ1n) is 9.94. The lowest BCUT2D eigenvalue weighted by Crippen LogP contribution is -2.41. The van der Waals surface area contributed by atoms with Crippen LogP contribution in [-0.2, 0) is 11.0 Å². The van der Waals surface area contributed by atoms with E-state index in [1.165, 1.54) is 12.1 Å². The number of hydrogen-bond donors (Lipinski definition) is 1. The Balaban J connectivity index is 1.37. The van der Waals surface area contributed by atoms with Gasteiger partial charge in [-0.15, -0.1) is 0 Å². The number of anilines is 1. The first kappa shape index (κ1) is 20.8. The van der Waals surface area contributed by atoms with Crippen LogP contribution in [-0.4, -0.2) is 34.8 Å². The van der Waals surface area contributed by atoms with Crippen molar-refractivity contribution in [2.75, 3.05) is 18.4 Å². The van der Waals surface area contributed by atoms with Gasteiger partial charge in [-0.3, -0.25) is 14.6 Å².